The van der Waals surface area contributed by atoms with Crippen LogP contribution in [0.1, 0.15) is 27.4 Å². The standard InChI is InChI=1S/C24H17BrINO6S/c1-31-23(29)20-9-7-17(33-20)12-27-22(28)21(34-24(27)30)11-15-4-8-19(18(26)10-15)32-13-14-2-5-16(25)6-3-14/h2-11H,12-13H2,1H3/b21-11+. The average Bonchev–Trinajstić information content (AvgIpc) is 3.39. The van der Waals surface area contributed by atoms with Gasteiger partial charge in [0.2, 0.25) is 5.76 Å². The van der Waals surface area contributed by atoms with Crippen molar-refractivity contribution in [2.24, 2.45) is 0 Å². The molecule has 0 radical (unpaired) electrons. The van der Waals surface area contributed by atoms with Crippen molar-refractivity contribution in [2.75, 3.05) is 7.11 Å². The van der Waals surface area contributed by atoms with Crippen molar-refractivity contribution in [2.45, 2.75) is 13.2 Å². The van der Waals surface area contributed by atoms with Gasteiger partial charge in [-0.15, -0.1) is 0 Å². The van der Waals surface area contributed by atoms with Crippen molar-refractivity contribution in [1.29, 1.82) is 0 Å². The summed E-state index contributed by atoms with van der Waals surface area (Å²) < 4.78 is 17.8. The fourth-order valence-electron chi connectivity index (χ4n) is 3.08. The Morgan fingerprint density at radius 2 is 1.91 bits per heavy atom. The van der Waals surface area contributed by atoms with Crippen LogP contribution in [0.5, 0.6) is 5.75 Å². The van der Waals surface area contributed by atoms with Crippen LogP contribution in [0, 0.1) is 3.57 Å². The van der Waals surface area contributed by atoms with Gasteiger partial charge in [-0.05, 0) is 88.0 Å². The lowest BCUT2D eigenvalue weighted by Crippen LogP contribution is -2.27. The first kappa shape index (κ1) is 24.6. The average molecular weight is 654 g/mol. The van der Waals surface area contributed by atoms with Gasteiger partial charge in [-0.3, -0.25) is 14.5 Å². The molecule has 10 heteroatoms. The molecule has 1 fully saturated rings. The molecule has 0 saturated carbocycles. The lowest BCUT2D eigenvalue weighted by atomic mass is 10.2. The van der Waals surface area contributed by atoms with E-state index in [2.05, 4.69) is 43.3 Å². The fraction of sp³-hybridized carbons (Fsp3) is 0.125. The minimum absolute atomic E-state index is 0.0111. The number of imide groups is 1. The zero-order chi connectivity index (χ0) is 24.2. The quantitative estimate of drug-likeness (QED) is 0.169. The summed E-state index contributed by atoms with van der Waals surface area (Å²) in [4.78, 5) is 38.2. The van der Waals surface area contributed by atoms with Gasteiger partial charge in [-0.25, -0.2) is 4.79 Å². The number of amides is 2. The molecule has 2 aromatic carbocycles. The second-order valence-corrected chi connectivity index (χ2v) is 10.2. The maximum atomic E-state index is 12.8. The summed E-state index contributed by atoms with van der Waals surface area (Å²) in [6.45, 7) is 0.366. The van der Waals surface area contributed by atoms with Crippen molar-refractivity contribution in [3.8, 4) is 5.75 Å². The highest BCUT2D eigenvalue weighted by Gasteiger charge is 2.35. The highest BCUT2D eigenvalue weighted by Crippen LogP contribution is 2.34. The summed E-state index contributed by atoms with van der Waals surface area (Å²) in [5, 5.41) is -0.406. The van der Waals surface area contributed by atoms with Crippen LogP contribution < -0.4 is 4.74 Å². The number of benzene rings is 2. The van der Waals surface area contributed by atoms with Crippen LogP contribution >= 0.6 is 50.3 Å². The zero-order valence-corrected chi connectivity index (χ0v) is 22.3. The van der Waals surface area contributed by atoms with Crippen molar-refractivity contribution in [3.05, 3.63) is 90.2 Å². The molecule has 0 atom stereocenters. The highest BCUT2D eigenvalue weighted by atomic mass is 127. The minimum atomic E-state index is -0.626. The lowest BCUT2D eigenvalue weighted by molar-refractivity contribution is -0.123. The molecule has 3 aromatic rings. The number of rotatable bonds is 7. The number of ether oxygens (including phenoxy) is 2. The summed E-state index contributed by atoms with van der Waals surface area (Å²) in [6.07, 6.45) is 1.67. The molecule has 0 bridgehead atoms. The van der Waals surface area contributed by atoms with Crippen molar-refractivity contribution >= 4 is 73.5 Å². The molecule has 1 aliphatic heterocycles. The molecular weight excluding hydrogens is 637 g/mol. The molecule has 4 rings (SSSR count). The minimum Gasteiger partial charge on any atom is -0.488 e. The SMILES string of the molecule is COC(=O)c1ccc(CN2C(=O)S/C(=C/c3ccc(OCc4ccc(Br)cc4)c(I)c3)C2=O)o1. The summed E-state index contributed by atoms with van der Waals surface area (Å²) >= 11 is 6.45. The van der Waals surface area contributed by atoms with Crippen molar-refractivity contribution in [1.82, 2.24) is 4.90 Å². The molecule has 0 aliphatic carbocycles. The van der Waals surface area contributed by atoms with E-state index in [1.807, 2.05) is 42.5 Å². The summed E-state index contributed by atoms with van der Waals surface area (Å²) in [5.41, 5.74) is 1.82. The Labute approximate surface area is 221 Å². The first-order valence-corrected chi connectivity index (χ1v) is 12.6. The Hall–Kier alpha value is -2.57. The molecule has 174 valence electrons. The number of halogens is 2. The Morgan fingerprint density at radius 3 is 2.62 bits per heavy atom. The summed E-state index contributed by atoms with van der Waals surface area (Å²) in [7, 11) is 1.24. The maximum Gasteiger partial charge on any atom is 0.373 e. The van der Waals surface area contributed by atoms with Crippen LogP contribution in [-0.2, 0) is 22.7 Å². The van der Waals surface area contributed by atoms with Crippen LogP contribution in [-0.4, -0.2) is 29.1 Å². The molecule has 0 N–H and O–H groups in total. The number of thioether (sulfide) groups is 1. The van der Waals surface area contributed by atoms with Gasteiger partial charge < -0.3 is 13.9 Å². The predicted molar refractivity (Wildman–Crippen MR) is 139 cm³/mol. The topological polar surface area (TPSA) is 86.0 Å². The Kier molecular flexibility index (Phi) is 7.79. The number of hydrogen-bond donors (Lipinski definition) is 0. The van der Waals surface area contributed by atoms with Gasteiger partial charge in [0.1, 0.15) is 18.1 Å². The first-order valence-electron chi connectivity index (χ1n) is 9.93. The third-order valence-corrected chi connectivity index (χ3v) is 7.08. The largest absolute Gasteiger partial charge is 0.488 e. The molecule has 2 amide bonds. The summed E-state index contributed by atoms with van der Waals surface area (Å²) in [6, 6.07) is 16.4. The van der Waals surface area contributed by atoms with E-state index < -0.39 is 17.1 Å². The number of carbonyl (C=O) groups is 3. The third kappa shape index (κ3) is 5.73. The molecule has 1 saturated heterocycles. The van der Waals surface area contributed by atoms with E-state index >= 15 is 0 Å². The number of carbonyl (C=O) groups excluding carboxylic acids is 3. The zero-order valence-electron chi connectivity index (χ0n) is 17.7. The van der Waals surface area contributed by atoms with Gasteiger partial charge in [-0.1, -0.05) is 34.1 Å². The number of nitrogens with zero attached hydrogens (tertiary/aromatic N) is 1. The Balaban J connectivity index is 1.43. The molecular formula is C24H17BrINO6S. The van der Waals surface area contributed by atoms with E-state index in [1.54, 1.807) is 6.08 Å². The van der Waals surface area contributed by atoms with Crippen LogP contribution in [0.15, 0.2) is 68.4 Å². The van der Waals surface area contributed by atoms with E-state index in [-0.39, 0.29) is 12.3 Å². The van der Waals surface area contributed by atoms with Crippen LogP contribution in [0.4, 0.5) is 4.79 Å². The van der Waals surface area contributed by atoms with Gasteiger partial charge in [0, 0.05) is 4.47 Å². The summed E-state index contributed by atoms with van der Waals surface area (Å²) in [5.74, 6) is 0.00607. The maximum absolute atomic E-state index is 12.8. The monoisotopic (exact) mass is 653 g/mol. The van der Waals surface area contributed by atoms with Crippen LogP contribution in [0.2, 0.25) is 0 Å². The van der Waals surface area contributed by atoms with Gasteiger partial charge in [-0.2, -0.15) is 0 Å². The van der Waals surface area contributed by atoms with Crippen molar-refractivity contribution in [3.63, 3.8) is 0 Å². The molecule has 1 aliphatic rings. The molecule has 1 aromatic heterocycles. The molecule has 34 heavy (non-hydrogen) atoms. The van der Waals surface area contributed by atoms with E-state index in [0.717, 1.165) is 41.6 Å². The van der Waals surface area contributed by atoms with Crippen LogP contribution in [0.25, 0.3) is 6.08 Å². The predicted octanol–water partition coefficient (Wildman–Crippen LogP) is 6.25. The number of furan rings is 1. The van der Waals surface area contributed by atoms with E-state index in [9.17, 15) is 14.4 Å². The van der Waals surface area contributed by atoms with Gasteiger partial charge in [0.15, 0.2) is 0 Å². The molecule has 0 spiro atoms. The van der Waals surface area contributed by atoms with E-state index in [1.165, 1.54) is 19.2 Å². The van der Waals surface area contributed by atoms with E-state index in [4.69, 9.17) is 9.15 Å². The number of esters is 1. The Morgan fingerprint density at radius 1 is 1.15 bits per heavy atom. The van der Waals surface area contributed by atoms with Crippen molar-refractivity contribution < 1.29 is 28.3 Å². The van der Waals surface area contributed by atoms with Gasteiger partial charge in [0.25, 0.3) is 11.1 Å². The lowest BCUT2D eigenvalue weighted by Gasteiger charge is -2.10. The first-order chi connectivity index (χ1) is 16.3. The van der Waals surface area contributed by atoms with Gasteiger partial charge in [0.05, 0.1) is 22.1 Å². The number of hydrogen-bond acceptors (Lipinski definition) is 7. The molecule has 7 nitrogen and oxygen atoms in total. The highest BCUT2D eigenvalue weighted by molar-refractivity contribution is 14.1. The second kappa shape index (κ2) is 10.8. The van der Waals surface area contributed by atoms with E-state index in [0.29, 0.717) is 17.3 Å². The third-order valence-electron chi connectivity index (χ3n) is 4.80. The van der Waals surface area contributed by atoms with Crippen LogP contribution in [0.3, 0.4) is 0 Å². The van der Waals surface area contributed by atoms with Gasteiger partial charge >= 0.3 is 5.97 Å². The Bertz CT molecular complexity index is 1290. The normalized spacial score (nSPS) is 14.7. The second-order valence-electron chi connectivity index (χ2n) is 7.13. The molecule has 2 heterocycles. The smallest absolute Gasteiger partial charge is 0.373 e. The molecule has 0 unspecified atom stereocenters. The number of methoxy groups -OCH3 is 1. The fourth-order valence-corrected chi connectivity index (χ4v) is 4.88.